The van der Waals surface area contributed by atoms with E-state index in [1.54, 1.807) is 11.8 Å². The van der Waals surface area contributed by atoms with Crippen LogP contribution in [0.1, 0.15) is 47.6 Å². The Bertz CT molecular complexity index is 795. The minimum absolute atomic E-state index is 0.137. The third-order valence-corrected chi connectivity index (χ3v) is 7.17. The van der Waals surface area contributed by atoms with E-state index >= 15 is 0 Å². The number of hydrogen-bond acceptors (Lipinski definition) is 3. The average molecular weight is 381 g/mol. The summed E-state index contributed by atoms with van der Waals surface area (Å²) in [6.07, 6.45) is 4.60. The Kier molecular flexibility index (Phi) is 5.55. The fourth-order valence-corrected chi connectivity index (χ4v) is 5.52. The number of thioether (sulfide) groups is 1. The topological polar surface area (TPSA) is 41.1 Å². The van der Waals surface area contributed by atoms with E-state index in [1.807, 2.05) is 18.2 Å². The first-order valence-electron chi connectivity index (χ1n) is 9.94. The molecule has 0 radical (unpaired) electrons. The van der Waals surface area contributed by atoms with Gasteiger partial charge in [-0.15, -0.1) is 11.8 Å². The second-order valence-corrected chi connectivity index (χ2v) is 9.14. The smallest absolute Gasteiger partial charge is 0.238 e. The molecule has 2 aromatic carbocycles. The molecule has 3 nitrogen and oxygen atoms in total. The number of benzene rings is 2. The Balaban J connectivity index is 1.53. The lowest BCUT2D eigenvalue weighted by atomic mass is 9.99. The summed E-state index contributed by atoms with van der Waals surface area (Å²) in [4.78, 5) is 14.5. The fourth-order valence-electron chi connectivity index (χ4n) is 4.41. The fraction of sp³-hybridized carbons (Fsp3) is 0.435. The third-order valence-electron chi connectivity index (χ3n) is 5.74. The van der Waals surface area contributed by atoms with Crippen molar-refractivity contribution >= 4 is 17.7 Å². The van der Waals surface area contributed by atoms with Gasteiger partial charge in [-0.1, -0.05) is 48.0 Å². The standard InChI is InChI=1S/C23H28N2OS/c1-15-8-11-21(16(2)12-15)27-22(17-6-4-3-5-7-17)23(26)25-20-13-18-9-10-19(14-20)24-18/h3-8,11-12,18-20,22,24H,9-10,13-14H2,1-2H3,(H,25,26). The summed E-state index contributed by atoms with van der Waals surface area (Å²) < 4.78 is 0. The predicted molar refractivity (Wildman–Crippen MR) is 112 cm³/mol. The summed E-state index contributed by atoms with van der Waals surface area (Å²) in [7, 11) is 0. The van der Waals surface area contributed by atoms with Crippen molar-refractivity contribution in [2.24, 2.45) is 0 Å². The van der Waals surface area contributed by atoms with Crippen LogP contribution in [0.2, 0.25) is 0 Å². The Morgan fingerprint density at radius 3 is 2.44 bits per heavy atom. The van der Waals surface area contributed by atoms with E-state index in [4.69, 9.17) is 0 Å². The number of rotatable bonds is 5. The molecular formula is C23H28N2OS. The van der Waals surface area contributed by atoms with E-state index in [9.17, 15) is 4.79 Å². The SMILES string of the molecule is Cc1ccc(SC(C(=O)NC2CC3CCC(C2)N3)c2ccccc2)c(C)c1. The maximum atomic E-state index is 13.3. The molecule has 2 N–H and O–H groups in total. The van der Waals surface area contributed by atoms with E-state index in [0.717, 1.165) is 18.4 Å². The molecule has 3 unspecified atom stereocenters. The zero-order valence-electron chi connectivity index (χ0n) is 16.1. The Morgan fingerprint density at radius 1 is 1.07 bits per heavy atom. The van der Waals surface area contributed by atoms with Crippen LogP contribution in [0.15, 0.2) is 53.4 Å². The molecule has 2 bridgehead atoms. The molecule has 0 aromatic heterocycles. The predicted octanol–water partition coefficient (Wildman–Crippen LogP) is 4.54. The lowest BCUT2D eigenvalue weighted by Crippen LogP contribution is -2.48. The zero-order chi connectivity index (χ0) is 18.8. The van der Waals surface area contributed by atoms with Crippen molar-refractivity contribution < 1.29 is 4.79 Å². The van der Waals surface area contributed by atoms with Gasteiger partial charge in [-0.3, -0.25) is 4.79 Å². The molecule has 0 spiro atoms. The number of nitrogens with one attached hydrogen (secondary N) is 2. The van der Waals surface area contributed by atoms with Crippen molar-refractivity contribution in [1.29, 1.82) is 0 Å². The van der Waals surface area contributed by atoms with Crippen molar-refractivity contribution in [3.8, 4) is 0 Å². The van der Waals surface area contributed by atoms with Gasteiger partial charge in [-0.2, -0.15) is 0 Å². The largest absolute Gasteiger partial charge is 0.352 e. The molecule has 0 aliphatic carbocycles. The quantitative estimate of drug-likeness (QED) is 0.749. The molecule has 3 atom stereocenters. The monoisotopic (exact) mass is 380 g/mol. The van der Waals surface area contributed by atoms with Crippen molar-refractivity contribution in [3.05, 3.63) is 65.2 Å². The second kappa shape index (κ2) is 8.07. The van der Waals surface area contributed by atoms with Crippen LogP contribution in [0, 0.1) is 13.8 Å². The van der Waals surface area contributed by atoms with E-state index in [0.29, 0.717) is 18.1 Å². The van der Waals surface area contributed by atoms with Crippen LogP contribution in [-0.2, 0) is 4.79 Å². The van der Waals surface area contributed by atoms with E-state index in [2.05, 4.69) is 54.8 Å². The Hall–Kier alpha value is -1.78. The molecule has 2 saturated heterocycles. The molecule has 0 saturated carbocycles. The number of amides is 1. The van der Waals surface area contributed by atoms with Crippen molar-refractivity contribution in [2.75, 3.05) is 0 Å². The maximum absolute atomic E-state index is 13.3. The van der Waals surface area contributed by atoms with Gasteiger partial charge in [0.2, 0.25) is 5.91 Å². The molecule has 2 aromatic rings. The van der Waals surface area contributed by atoms with Gasteiger partial charge in [0.25, 0.3) is 0 Å². The molecule has 2 aliphatic heterocycles. The molecule has 4 rings (SSSR count). The first kappa shape index (κ1) is 18.6. The van der Waals surface area contributed by atoms with Crippen LogP contribution in [0.3, 0.4) is 0 Å². The van der Waals surface area contributed by atoms with Gasteiger partial charge in [-0.05, 0) is 56.7 Å². The zero-order valence-corrected chi connectivity index (χ0v) is 16.9. The van der Waals surface area contributed by atoms with E-state index in [1.165, 1.54) is 28.9 Å². The van der Waals surface area contributed by atoms with Crippen LogP contribution < -0.4 is 10.6 Å². The number of aryl methyl sites for hydroxylation is 2. The number of fused-ring (bicyclic) bond motifs is 2. The molecule has 2 heterocycles. The minimum Gasteiger partial charge on any atom is -0.352 e. The first-order valence-corrected chi connectivity index (χ1v) is 10.8. The lowest BCUT2D eigenvalue weighted by Gasteiger charge is -2.31. The van der Waals surface area contributed by atoms with Crippen LogP contribution in [0.5, 0.6) is 0 Å². The third kappa shape index (κ3) is 4.39. The molecule has 4 heteroatoms. The van der Waals surface area contributed by atoms with E-state index < -0.39 is 0 Å². The average Bonchev–Trinajstić information content (AvgIpc) is 3.00. The summed E-state index contributed by atoms with van der Waals surface area (Å²) in [6.45, 7) is 4.23. The number of carbonyl (C=O) groups is 1. The Labute approximate surface area is 166 Å². The molecule has 27 heavy (non-hydrogen) atoms. The lowest BCUT2D eigenvalue weighted by molar-refractivity contribution is -0.121. The summed E-state index contributed by atoms with van der Waals surface area (Å²) in [5.74, 6) is 0.137. The highest BCUT2D eigenvalue weighted by molar-refractivity contribution is 8.00. The number of piperidine rings is 1. The summed E-state index contributed by atoms with van der Waals surface area (Å²) >= 11 is 1.66. The van der Waals surface area contributed by atoms with Crippen molar-refractivity contribution in [2.45, 2.75) is 67.8 Å². The van der Waals surface area contributed by atoms with Gasteiger partial charge < -0.3 is 10.6 Å². The van der Waals surface area contributed by atoms with Crippen LogP contribution in [0.25, 0.3) is 0 Å². The number of hydrogen-bond donors (Lipinski definition) is 2. The first-order chi connectivity index (χ1) is 13.1. The highest BCUT2D eigenvalue weighted by Gasteiger charge is 2.35. The van der Waals surface area contributed by atoms with Gasteiger partial charge >= 0.3 is 0 Å². The molecular weight excluding hydrogens is 352 g/mol. The second-order valence-electron chi connectivity index (χ2n) is 7.99. The summed E-state index contributed by atoms with van der Waals surface area (Å²) in [5, 5.41) is 6.80. The highest BCUT2D eigenvalue weighted by Crippen LogP contribution is 2.38. The molecule has 142 valence electrons. The van der Waals surface area contributed by atoms with Gasteiger partial charge in [0.15, 0.2) is 0 Å². The number of carbonyl (C=O) groups excluding carboxylic acids is 1. The Morgan fingerprint density at radius 2 is 1.78 bits per heavy atom. The molecule has 2 fully saturated rings. The van der Waals surface area contributed by atoms with Crippen LogP contribution >= 0.6 is 11.8 Å². The normalized spacial score (nSPS) is 25.2. The van der Waals surface area contributed by atoms with Crippen LogP contribution in [-0.4, -0.2) is 24.0 Å². The van der Waals surface area contributed by atoms with Gasteiger partial charge in [0.1, 0.15) is 5.25 Å². The minimum atomic E-state index is -0.222. The molecule has 2 aliphatic rings. The van der Waals surface area contributed by atoms with Gasteiger partial charge in [0.05, 0.1) is 0 Å². The van der Waals surface area contributed by atoms with Crippen LogP contribution in [0.4, 0.5) is 0 Å². The van der Waals surface area contributed by atoms with Crippen molar-refractivity contribution in [3.63, 3.8) is 0 Å². The summed E-state index contributed by atoms with van der Waals surface area (Å²) in [5.41, 5.74) is 3.55. The highest BCUT2D eigenvalue weighted by atomic mass is 32.2. The summed E-state index contributed by atoms with van der Waals surface area (Å²) in [6, 6.07) is 18.1. The van der Waals surface area contributed by atoms with Gasteiger partial charge in [-0.25, -0.2) is 0 Å². The maximum Gasteiger partial charge on any atom is 0.238 e. The van der Waals surface area contributed by atoms with E-state index in [-0.39, 0.29) is 11.2 Å². The van der Waals surface area contributed by atoms with Crippen molar-refractivity contribution in [1.82, 2.24) is 10.6 Å². The van der Waals surface area contributed by atoms with Gasteiger partial charge in [0, 0.05) is 23.0 Å². The molecule has 1 amide bonds.